The van der Waals surface area contributed by atoms with Gasteiger partial charge in [-0.2, -0.15) is 0 Å². The first-order valence-corrected chi connectivity index (χ1v) is 8.51. The molecule has 0 bridgehead atoms. The summed E-state index contributed by atoms with van der Waals surface area (Å²) in [6.07, 6.45) is 1.36. The van der Waals surface area contributed by atoms with Gasteiger partial charge >= 0.3 is 0 Å². The predicted molar refractivity (Wildman–Crippen MR) is 88.6 cm³/mol. The number of aromatic hydroxyl groups is 1. The van der Waals surface area contributed by atoms with Gasteiger partial charge in [-0.1, -0.05) is 6.07 Å². The highest BCUT2D eigenvalue weighted by molar-refractivity contribution is 7.94. The van der Waals surface area contributed by atoms with Crippen LogP contribution in [0.4, 0.5) is 5.69 Å². The molecule has 0 unspecified atom stereocenters. The maximum absolute atomic E-state index is 12.2. The Balaban J connectivity index is 2.26. The van der Waals surface area contributed by atoms with Crippen molar-refractivity contribution in [2.24, 2.45) is 0 Å². The zero-order valence-corrected chi connectivity index (χ0v) is 13.6. The second kappa shape index (κ2) is 7.14. The summed E-state index contributed by atoms with van der Waals surface area (Å²) in [6, 6.07) is 9.09. The molecule has 126 valence electrons. The molecule has 1 N–H and O–H groups in total. The van der Waals surface area contributed by atoms with E-state index in [4.69, 9.17) is 4.74 Å². The standard InChI is InChI=1S/C16H15NO6S/c1-2-23-16-11-12(3-8-15(16)18)9-10-24(21,22)14-6-4-13(5-7-14)17(19)20/h3-11,18H,2H2,1H3/b10-9+. The lowest BCUT2D eigenvalue weighted by atomic mass is 10.2. The molecular formula is C16H15NO6S. The normalized spacial score (nSPS) is 11.5. The van der Waals surface area contributed by atoms with Gasteiger partial charge in [0.1, 0.15) is 0 Å². The van der Waals surface area contributed by atoms with Gasteiger partial charge in [0.05, 0.1) is 16.4 Å². The Labute approximate surface area is 138 Å². The Morgan fingerprint density at radius 3 is 2.46 bits per heavy atom. The first-order chi connectivity index (χ1) is 11.3. The highest BCUT2D eigenvalue weighted by atomic mass is 32.2. The number of phenols is 1. The quantitative estimate of drug-likeness (QED) is 0.634. The van der Waals surface area contributed by atoms with E-state index in [1.54, 1.807) is 13.0 Å². The van der Waals surface area contributed by atoms with E-state index in [0.29, 0.717) is 12.2 Å². The molecule has 0 radical (unpaired) electrons. The van der Waals surface area contributed by atoms with Gasteiger partial charge in [-0.3, -0.25) is 10.1 Å². The monoisotopic (exact) mass is 349 g/mol. The lowest BCUT2D eigenvalue weighted by Crippen LogP contribution is -1.97. The second-order valence-corrected chi connectivity index (χ2v) is 6.59. The Hall–Kier alpha value is -2.87. The van der Waals surface area contributed by atoms with Crippen LogP contribution in [0.1, 0.15) is 12.5 Å². The van der Waals surface area contributed by atoms with Crippen LogP contribution in [-0.2, 0) is 9.84 Å². The van der Waals surface area contributed by atoms with E-state index in [1.807, 2.05) is 0 Å². The molecule has 24 heavy (non-hydrogen) atoms. The minimum Gasteiger partial charge on any atom is -0.504 e. The van der Waals surface area contributed by atoms with Crippen LogP contribution in [0.25, 0.3) is 6.08 Å². The molecule has 0 atom stereocenters. The number of nitrogens with zero attached hydrogens (tertiary/aromatic N) is 1. The zero-order chi connectivity index (χ0) is 17.7. The topological polar surface area (TPSA) is 107 Å². The summed E-state index contributed by atoms with van der Waals surface area (Å²) in [4.78, 5) is 9.95. The van der Waals surface area contributed by atoms with Crippen LogP contribution in [0.15, 0.2) is 52.8 Å². The summed E-state index contributed by atoms with van der Waals surface area (Å²) in [6.45, 7) is 2.13. The van der Waals surface area contributed by atoms with Crippen LogP contribution in [0.3, 0.4) is 0 Å². The van der Waals surface area contributed by atoms with E-state index in [-0.39, 0.29) is 22.1 Å². The Bertz CT molecular complexity index is 872. The minimum absolute atomic E-state index is 0.0350. The summed E-state index contributed by atoms with van der Waals surface area (Å²) < 4.78 is 29.7. The van der Waals surface area contributed by atoms with Gasteiger partial charge in [-0.05, 0) is 42.8 Å². The number of phenolic OH excluding ortho intramolecular Hbond substituents is 1. The molecule has 8 heteroatoms. The van der Waals surface area contributed by atoms with Gasteiger partial charge in [0, 0.05) is 17.5 Å². The van der Waals surface area contributed by atoms with Crippen molar-refractivity contribution in [2.75, 3.05) is 6.61 Å². The molecule has 0 heterocycles. The fraction of sp³-hybridized carbons (Fsp3) is 0.125. The van der Waals surface area contributed by atoms with Crippen molar-refractivity contribution >= 4 is 21.6 Å². The molecule has 0 saturated carbocycles. The number of non-ortho nitro benzene ring substituents is 1. The Morgan fingerprint density at radius 2 is 1.88 bits per heavy atom. The third kappa shape index (κ3) is 4.11. The number of hydrogen-bond donors (Lipinski definition) is 1. The summed E-state index contributed by atoms with van der Waals surface area (Å²) in [5.74, 6) is 0.222. The van der Waals surface area contributed by atoms with Crippen molar-refractivity contribution in [1.29, 1.82) is 0 Å². The van der Waals surface area contributed by atoms with Crippen LogP contribution in [0.5, 0.6) is 11.5 Å². The summed E-state index contributed by atoms with van der Waals surface area (Å²) >= 11 is 0. The third-order valence-electron chi connectivity index (χ3n) is 3.10. The molecule has 2 aromatic rings. The molecule has 0 fully saturated rings. The fourth-order valence-corrected chi connectivity index (χ4v) is 2.92. The summed E-state index contributed by atoms with van der Waals surface area (Å²) in [7, 11) is -3.74. The first-order valence-electron chi connectivity index (χ1n) is 6.97. The minimum atomic E-state index is -3.74. The highest BCUT2D eigenvalue weighted by Crippen LogP contribution is 2.27. The maximum Gasteiger partial charge on any atom is 0.269 e. The van der Waals surface area contributed by atoms with Gasteiger partial charge in [0.15, 0.2) is 21.3 Å². The third-order valence-corrected chi connectivity index (χ3v) is 4.52. The average molecular weight is 349 g/mol. The summed E-state index contributed by atoms with van der Waals surface area (Å²) in [5.41, 5.74) is 0.347. The van der Waals surface area contributed by atoms with E-state index < -0.39 is 14.8 Å². The number of hydrogen-bond acceptors (Lipinski definition) is 6. The molecule has 2 aromatic carbocycles. The molecule has 0 saturated heterocycles. The first kappa shape index (κ1) is 17.5. The maximum atomic E-state index is 12.2. The lowest BCUT2D eigenvalue weighted by molar-refractivity contribution is -0.384. The number of sulfone groups is 1. The van der Waals surface area contributed by atoms with Gasteiger partial charge in [0.25, 0.3) is 5.69 Å². The molecule has 0 aromatic heterocycles. The number of ether oxygens (including phenoxy) is 1. The molecule has 0 amide bonds. The van der Waals surface area contributed by atoms with Crippen LogP contribution in [-0.4, -0.2) is 25.1 Å². The lowest BCUT2D eigenvalue weighted by Gasteiger charge is -2.06. The number of nitro groups is 1. The van der Waals surface area contributed by atoms with E-state index in [2.05, 4.69) is 0 Å². The van der Waals surface area contributed by atoms with Gasteiger partial charge in [0.2, 0.25) is 0 Å². The largest absolute Gasteiger partial charge is 0.504 e. The zero-order valence-electron chi connectivity index (χ0n) is 12.7. The molecule has 7 nitrogen and oxygen atoms in total. The molecule has 2 rings (SSSR count). The van der Waals surface area contributed by atoms with Crippen molar-refractivity contribution in [2.45, 2.75) is 11.8 Å². The van der Waals surface area contributed by atoms with Crippen molar-refractivity contribution in [3.63, 3.8) is 0 Å². The van der Waals surface area contributed by atoms with Crippen LogP contribution >= 0.6 is 0 Å². The predicted octanol–water partition coefficient (Wildman–Crippen LogP) is 3.14. The van der Waals surface area contributed by atoms with E-state index in [9.17, 15) is 23.6 Å². The molecule has 0 aliphatic rings. The molecule has 0 aliphatic carbocycles. The number of benzene rings is 2. The molecular weight excluding hydrogens is 334 g/mol. The van der Waals surface area contributed by atoms with Gasteiger partial charge < -0.3 is 9.84 Å². The van der Waals surface area contributed by atoms with Crippen molar-refractivity contribution < 1.29 is 23.2 Å². The van der Waals surface area contributed by atoms with Crippen LogP contribution < -0.4 is 4.74 Å². The summed E-state index contributed by atoms with van der Waals surface area (Å²) in [5, 5.41) is 21.2. The Kier molecular flexibility index (Phi) is 5.20. The van der Waals surface area contributed by atoms with Gasteiger partial charge in [-0.15, -0.1) is 0 Å². The number of nitro benzene ring substituents is 1. The smallest absolute Gasteiger partial charge is 0.269 e. The van der Waals surface area contributed by atoms with Gasteiger partial charge in [-0.25, -0.2) is 8.42 Å². The van der Waals surface area contributed by atoms with E-state index in [1.165, 1.54) is 30.3 Å². The average Bonchev–Trinajstić information content (AvgIpc) is 2.56. The fourth-order valence-electron chi connectivity index (χ4n) is 1.91. The van der Waals surface area contributed by atoms with E-state index in [0.717, 1.165) is 17.5 Å². The number of rotatable bonds is 6. The van der Waals surface area contributed by atoms with E-state index >= 15 is 0 Å². The second-order valence-electron chi connectivity index (χ2n) is 4.76. The van der Waals surface area contributed by atoms with Crippen LogP contribution in [0, 0.1) is 10.1 Å². The van der Waals surface area contributed by atoms with Crippen molar-refractivity contribution in [1.82, 2.24) is 0 Å². The van der Waals surface area contributed by atoms with Crippen molar-refractivity contribution in [3.05, 3.63) is 63.6 Å². The highest BCUT2D eigenvalue weighted by Gasteiger charge is 2.13. The molecule has 0 spiro atoms. The SMILES string of the molecule is CCOc1cc(/C=C/S(=O)(=O)c2ccc([N+](=O)[O-])cc2)ccc1O. The van der Waals surface area contributed by atoms with Crippen molar-refractivity contribution in [3.8, 4) is 11.5 Å². The molecule has 0 aliphatic heterocycles. The van der Waals surface area contributed by atoms with Crippen LogP contribution in [0.2, 0.25) is 0 Å². The Morgan fingerprint density at radius 1 is 1.21 bits per heavy atom.